The molecule has 1 heterocycles. The number of likely N-dealkylation sites (tertiary alicyclic amines) is 1. The average Bonchev–Trinajstić information content (AvgIpc) is 3.78. The van der Waals surface area contributed by atoms with Crippen molar-refractivity contribution < 1.29 is 48.1 Å². The maximum absolute atomic E-state index is 14.5. The molecule has 3 rings (SSSR count). The molecule has 68 heavy (non-hydrogen) atoms. The Balaban J connectivity index is 1.81. The highest BCUT2D eigenvalue weighted by atomic mass is 16.5. The van der Waals surface area contributed by atoms with Crippen LogP contribution >= 0.6 is 0 Å². The zero-order valence-electron chi connectivity index (χ0n) is 42.5. The number of likely N-dealkylation sites (N-methyl/N-ethyl adjacent to an activating group) is 1. The molecule has 0 unspecified atom stereocenters. The maximum atomic E-state index is 14.5. The number of benzene rings is 2. The maximum Gasteiger partial charge on any atom is 0.407 e. The normalized spacial score (nSPS) is 17.5. The third kappa shape index (κ3) is 15.5. The molecule has 2 aromatic carbocycles. The predicted octanol–water partition coefficient (Wildman–Crippen LogP) is 5.29. The van der Waals surface area contributed by atoms with E-state index in [0.717, 1.165) is 5.56 Å². The van der Waals surface area contributed by atoms with Gasteiger partial charge in [-0.05, 0) is 69.1 Å². The summed E-state index contributed by atoms with van der Waals surface area (Å²) in [6, 6.07) is 14.5. The minimum absolute atomic E-state index is 0.0478. The fourth-order valence-electron chi connectivity index (χ4n) is 8.96. The lowest BCUT2D eigenvalue weighted by molar-refractivity contribution is -0.148. The SMILES string of the molecule is CC[C@H](C)[C@@H]([C@@H](CC(=O)N1CCC[C@H]1[C@H](OC)[C@@H](C)C(=O)N[C@@H](Cc1ccccc1)C(=O)NNC(=O)c1ccccc1)OC)N(C)C(=O)[C@@H](NC(=O)[C@H](CN(C(=O)O)C(C)(C)C)C(C)C)C(C)C. The van der Waals surface area contributed by atoms with E-state index in [1.165, 1.54) is 19.1 Å². The number of carboxylic acid groups (broad SMARTS) is 1. The molecule has 1 aliphatic heterocycles. The first-order valence-corrected chi connectivity index (χ1v) is 23.9. The van der Waals surface area contributed by atoms with Crippen molar-refractivity contribution in [3.05, 3.63) is 71.8 Å². The van der Waals surface area contributed by atoms with Crippen LogP contribution in [-0.4, -0.2) is 138 Å². The van der Waals surface area contributed by atoms with Gasteiger partial charge in [-0.2, -0.15) is 0 Å². The Bertz CT molecular complexity index is 1980. The van der Waals surface area contributed by atoms with E-state index in [4.69, 9.17) is 9.47 Å². The first-order valence-electron chi connectivity index (χ1n) is 23.9. The Morgan fingerprint density at radius 2 is 1.41 bits per heavy atom. The van der Waals surface area contributed by atoms with Crippen LogP contribution in [0.25, 0.3) is 0 Å². The second-order valence-corrected chi connectivity index (χ2v) is 19.8. The van der Waals surface area contributed by atoms with Gasteiger partial charge in [-0.25, -0.2) is 4.79 Å². The summed E-state index contributed by atoms with van der Waals surface area (Å²) in [5, 5.41) is 15.8. The summed E-state index contributed by atoms with van der Waals surface area (Å²) < 4.78 is 12.0. The van der Waals surface area contributed by atoms with Gasteiger partial charge in [-0.15, -0.1) is 0 Å². The van der Waals surface area contributed by atoms with E-state index < -0.39 is 83.5 Å². The van der Waals surface area contributed by atoms with E-state index in [0.29, 0.717) is 31.4 Å². The van der Waals surface area contributed by atoms with Gasteiger partial charge in [0.2, 0.25) is 23.6 Å². The topological polar surface area (TPSA) is 216 Å². The molecule has 0 saturated carbocycles. The van der Waals surface area contributed by atoms with E-state index in [9.17, 15) is 38.7 Å². The lowest BCUT2D eigenvalue weighted by Gasteiger charge is -2.41. The molecule has 5 N–H and O–H groups in total. The molecule has 17 nitrogen and oxygen atoms in total. The van der Waals surface area contributed by atoms with Gasteiger partial charge in [0.25, 0.3) is 11.8 Å². The Labute approximate surface area is 403 Å². The third-order valence-electron chi connectivity index (χ3n) is 13.3. The van der Waals surface area contributed by atoms with Crippen LogP contribution in [0.4, 0.5) is 4.79 Å². The van der Waals surface area contributed by atoms with Gasteiger partial charge < -0.3 is 39.9 Å². The quantitative estimate of drug-likeness (QED) is 0.0908. The number of methoxy groups -OCH3 is 2. The number of carbonyl (C=O) groups is 7. The number of ether oxygens (including phenoxy) is 2. The predicted molar refractivity (Wildman–Crippen MR) is 260 cm³/mol. The molecule has 378 valence electrons. The number of hydrogen-bond acceptors (Lipinski definition) is 9. The fraction of sp³-hybridized carbons (Fsp3) is 0.627. The molecule has 7 amide bonds. The van der Waals surface area contributed by atoms with E-state index >= 15 is 0 Å². The number of rotatable bonds is 23. The van der Waals surface area contributed by atoms with Gasteiger partial charge in [-0.1, -0.05) is 103 Å². The minimum Gasteiger partial charge on any atom is -0.465 e. The van der Waals surface area contributed by atoms with Crippen molar-refractivity contribution in [2.45, 2.75) is 143 Å². The monoisotopic (exact) mass is 950 g/mol. The summed E-state index contributed by atoms with van der Waals surface area (Å²) in [5.41, 5.74) is 5.26. The highest BCUT2D eigenvalue weighted by Crippen LogP contribution is 2.30. The number of nitrogens with one attached hydrogen (secondary N) is 4. The van der Waals surface area contributed by atoms with Crippen LogP contribution < -0.4 is 21.5 Å². The van der Waals surface area contributed by atoms with Gasteiger partial charge in [0.15, 0.2) is 0 Å². The molecule has 0 radical (unpaired) electrons. The molecule has 9 atom stereocenters. The van der Waals surface area contributed by atoms with Crippen LogP contribution in [0, 0.1) is 29.6 Å². The second-order valence-electron chi connectivity index (χ2n) is 19.8. The molecular weight excluding hydrogens is 871 g/mol. The Morgan fingerprint density at radius 3 is 1.93 bits per heavy atom. The summed E-state index contributed by atoms with van der Waals surface area (Å²) in [4.78, 5) is 100. The van der Waals surface area contributed by atoms with Crippen molar-refractivity contribution in [2.24, 2.45) is 29.6 Å². The van der Waals surface area contributed by atoms with Gasteiger partial charge in [-0.3, -0.25) is 39.6 Å². The van der Waals surface area contributed by atoms with E-state index in [-0.39, 0.29) is 49.0 Å². The fourth-order valence-corrected chi connectivity index (χ4v) is 8.96. The molecule has 0 aliphatic carbocycles. The molecule has 1 saturated heterocycles. The second kappa shape index (κ2) is 26.3. The summed E-state index contributed by atoms with van der Waals surface area (Å²) in [7, 11) is 4.65. The Hall–Kier alpha value is -5.55. The van der Waals surface area contributed by atoms with Gasteiger partial charge in [0.1, 0.15) is 12.1 Å². The molecule has 0 spiro atoms. The third-order valence-corrected chi connectivity index (χ3v) is 13.3. The molecule has 0 aromatic heterocycles. The van der Waals surface area contributed by atoms with Crippen molar-refractivity contribution in [2.75, 3.05) is 34.4 Å². The number of hydrazine groups is 1. The van der Waals surface area contributed by atoms with Crippen LogP contribution in [-0.2, 0) is 39.9 Å². The Kier molecular flexibility index (Phi) is 21.9. The number of amides is 7. The average molecular weight is 950 g/mol. The zero-order chi connectivity index (χ0) is 51.0. The van der Waals surface area contributed by atoms with Crippen molar-refractivity contribution in [3.63, 3.8) is 0 Å². The number of nitrogens with zero attached hydrogens (tertiary/aromatic N) is 3. The van der Waals surface area contributed by atoms with Crippen LogP contribution in [0.5, 0.6) is 0 Å². The lowest BCUT2D eigenvalue weighted by Crippen LogP contribution is -2.59. The van der Waals surface area contributed by atoms with Crippen molar-refractivity contribution >= 4 is 41.5 Å². The summed E-state index contributed by atoms with van der Waals surface area (Å²) in [6.07, 6.45) is -0.743. The first kappa shape index (κ1) is 56.8. The summed E-state index contributed by atoms with van der Waals surface area (Å²) >= 11 is 0. The van der Waals surface area contributed by atoms with Gasteiger partial charge in [0.05, 0.1) is 42.5 Å². The van der Waals surface area contributed by atoms with Crippen LogP contribution in [0.3, 0.4) is 0 Å². The first-order chi connectivity index (χ1) is 32.0. The molecule has 2 aromatic rings. The summed E-state index contributed by atoms with van der Waals surface area (Å²) in [5.74, 6) is -4.90. The van der Waals surface area contributed by atoms with Crippen molar-refractivity contribution in [1.29, 1.82) is 0 Å². The van der Waals surface area contributed by atoms with Gasteiger partial charge >= 0.3 is 6.09 Å². The lowest BCUT2D eigenvalue weighted by atomic mass is 9.89. The number of hydrogen-bond donors (Lipinski definition) is 5. The van der Waals surface area contributed by atoms with Crippen LogP contribution in [0.2, 0.25) is 0 Å². The van der Waals surface area contributed by atoms with E-state index in [1.54, 1.807) is 74.9 Å². The molecule has 1 aliphatic rings. The summed E-state index contributed by atoms with van der Waals surface area (Å²) in [6.45, 7) is 18.7. The highest BCUT2D eigenvalue weighted by molar-refractivity contribution is 5.96. The van der Waals surface area contributed by atoms with E-state index in [1.807, 2.05) is 71.9 Å². The molecular formula is C51H79N7O10. The standard InChI is InChI=1S/C51H79N7O10/c1-14-33(6)43(56(11)49(64)42(32(4)5)53-47(62)37(31(2)3)30-58(50(65)66)51(8,9)10)40(67-12)29-41(59)57-27-21-26-39(57)44(68-13)34(7)45(60)52-38(28-35-22-17-15-18-23-35)48(63)55-54-46(61)36-24-19-16-20-25-36/h15-20,22-25,31-34,37-40,42-44H,14,21,26-30H2,1-13H3,(H,52,60)(H,53,62)(H,54,61)(H,55,63)(H,65,66)/t33-,34+,37+,38-,39-,40+,42-,43-,44+/m0/s1. The minimum atomic E-state index is -1.14. The highest BCUT2D eigenvalue weighted by Gasteiger charge is 2.44. The smallest absolute Gasteiger partial charge is 0.407 e. The zero-order valence-corrected chi connectivity index (χ0v) is 42.5. The van der Waals surface area contributed by atoms with E-state index in [2.05, 4.69) is 21.5 Å². The number of carbonyl (C=O) groups excluding carboxylic acids is 6. The van der Waals surface area contributed by atoms with Gasteiger partial charge in [0, 0.05) is 51.9 Å². The molecule has 17 heteroatoms. The van der Waals surface area contributed by atoms with Crippen molar-refractivity contribution in [3.8, 4) is 0 Å². The largest absolute Gasteiger partial charge is 0.465 e. The molecule has 1 fully saturated rings. The van der Waals surface area contributed by atoms with Crippen LogP contribution in [0.15, 0.2) is 60.7 Å². The Morgan fingerprint density at radius 1 is 0.809 bits per heavy atom. The van der Waals surface area contributed by atoms with Crippen LogP contribution in [0.1, 0.15) is 111 Å². The van der Waals surface area contributed by atoms with Crippen molar-refractivity contribution in [1.82, 2.24) is 36.2 Å². The molecule has 0 bridgehead atoms.